The van der Waals surface area contributed by atoms with Gasteiger partial charge in [-0.05, 0) is 58.3 Å². The van der Waals surface area contributed by atoms with Crippen LogP contribution in [0.5, 0.6) is 0 Å². The average Bonchev–Trinajstić information content (AvgIpc) is 2.78. The number of aliphatic hydroxyl groups excluding tert-OH is 1. The minimum absolute atomic E-state index is 0.0728. The summed E-state index contributed by atoms with van der Waals surface area (Å²) in [5.74, 6) is 0.820. The lowest BCUT2D eigenvalue weighted by Gasteiger charge is -2.34. The molecule has 0 aromatic heterocycles. The molecule has 1 saturated carbocycles. The molecular weight excluding hydrogens is 200 g/mol. The van der Waals surface area contributed by atoms with Gasteiger partial charge in [-0.15, -0.1) is 0 Å². The molecule has 2 aliphatic rings. The topological polar surface area (TPSA) is 35.5 Å². The van der Waals surface area contributed by atoms with Gasteiger partial charge < -0.3 is 15.3 Å². The number of likely N-dealkylation sites (tertiary alicyclic amines) is 1. The molecule has 16 heavy (non-hydrogen) atoms. The third-order valence-electron chi connectivity index (χ3n) is 4.47. The molecule has 1 aliphatic carbocycles. The monoisotopic (exact) mass is 226 g/mol. The summed E-state index contributed by atoms with van der Waals surface area (Å²) < 4.78 is 0. The average molecular weight is 226 g/mol. The van der Waals surface area contributed by atoms with E-state index in [1.54, 1.807) is 0 Å². The van der Waals surface area contributed by atoms with Crippen LogP contribution in [0.1, 0.15) is 38.5 Å². The second-order valence-corrected chi connectivity index (χ2v) is 5.77. The van der Waals surface area contributed by atoms with Crippen molar-refractivity contribution in [2.24, 2.45) is 5.92 Å². The molecule has 1 aliphatic heterocycles. The molecule has 3 heteroatoms. The SMILES string of the molecule is CN1CCC(CNC2(CO)CCCC2)CC1. The first kappa shape index (κ1) is 12.3. The van der Waals surface area contributed by atoms with Crippen molar-refractivity contribution in [2.75, 3.05) is 33.3 Å². The Balaban J connectivity index is 1.73. The highest BCUT2D eigenvalue weighted by atomic mass is 16.3. The molecule has 94 valence electrons. The standard InChI is InChI=1S/C13H26N2O/c1-15-8-4-12(5-9-15)10-14-13(11-16)6-2-3-7-13/h12,14,16H,2-11H2,1H3. The van der Waals surface area contributed by atoms with E-state index in [9.17, 15) is 5.11 Å². The Morgan fingerprint density at radius 2 is 1.88 bits per heavy atom. The highest BCUT2D eigenvalue weighted by Crippen LogP contribution is 2.29. The largest absolute Gasteiger partial charge is 0.394 e. The van der Waals surface area contributed by atoms with Gasteiger partial charge in [-0.3, -0.25) is 0 Å². The maximum Gasteiger partial charge on any atom is 0.0613 e. The van der Waals surface area contributed by atoms with Crippen LogP contribution in [-0.4, -0.2) is 48.8 Å². The normalized spacial score (nSPS) is 27.4. The maximum atomic E-state index is 9.52. The Labute approximate surface area is 99.2 Å². The Bertz CT molecular complexity index is 206. The van der Waals surface area contributed by atoms with Gasteiger partial charge in [0.25, 0.3) is 0 Å². The minimum Gasteiger partial charge on any atom is -0.394 e. The zero-order valence-corrected chi connectivity index (χ0v) is 10.5. The molecule has 1 saturated heterocycles. The van der Waals surface area contributed by atoms with Crippen LogP contribution in [0.4, 0.5) is 0 Å². The molecule has 0 spiro atoms. The van der Waals surface area contributed by atoms with E-state index in [0.29, 0.717) is 6.61 Å². The van der Waals surface area contributed by atoms with E-state index in [0.717, 1.165) is 25.3 Å². The van der Waals surface area contributed by atoms with E-state index in [4.69, 9.17) is 0 Å². The second-order valence-electron chi connectivity index (χ2n) is 5.77. The van der Waals surface area contributed by atoms with Gasteiger partial charge in [0, 0.05) is 5.54 Å². The molecule has 0 aromatic carbocycles. The van der Waals surface area contributed by atoms with Crippen molar-refractivity contribution in [1.82, 2.24) is 10.2 Å². The first-order valence-corrected chi connectivity index (χ1v) is 6.78. The fourth-order valence-electron chi connectivity index (χ4n) is 3.07. The quantitative estimate of drug-likeness (QED) is 0.756. The molecule has 1 heterocycles. The molecule has 3 nitrogen and oxygen atoms in total. The summed E-state index contributed by atoms with van der Waals surface area (Å²) in [4.78, 5) is 2.41. The second kappa shape index (κ2) is 5.48. The number of nitrogens with zero attached hydrogens (tertiary/aromatic N) is 1. The Hall–Kier alpha value is -0.120. The summed E-state index contributed by atoms with van der Waals surface area (Å²) >= 11 is 0. The van der Waals surface area contributed by atoms with Gasteiger partial charge in [-0.2, -0.15) is 0 Å². The maximum absolute atomic E-state index is 9.52. The summed E-state index contributed by atoms with van der Waals surface area (Å²) in [6, 6.07) is 0. The van der Waals surface area contributed by atoms with E-state index in [1.165, 1.54) is 38.8 Å². The number of aliphatic hydroxyl groups is 1. The molecular formula is C13H26N2O. The molecule has 2 rings (SSSR count). The lowest BCUT2D eigenvalue weighted by atomic mass is 9.93. The van der Waals surface area contributed by atoms with E-state index < -0.39 is 0 Å². The van der Waals surface area contributed by atoms with Crippen molar-refractivity contribution in [2.45, 2.75) is 44.1 Å². The molecule has 0 bridgehead atoms. The van der Waals surface area contributed by atoms with Crippen LogP contribution in [0.25, 0.3) is 0 Å². The molecule has 0 unspecified atom stereocenters. The Morgan fingerprint density at radius 1 is 1.25 bits per heavy atom. The number of piperidine rings is 1. The number of rotatable bonds is 4. The fourth-order valence-corrected chi connectivity index (χ4v) is 3.07. The first-order valence-electron chi connectivity index (χ1n) is 6.78. The van der Waals surface area contributed by atoms with Gasteiger partial charge >= 0.3 is 0 Å². The van der Waals surface area contributed by atoms with Crippen molar-refractivity contribution in [3.05, 3.63) is 0 Å². The van der Waals surface area contributed by atoms with Crippen LogP contribution in [0, 0.1) is 5.92 Å². The predicted molar refractivity (Wildman–Crippen MR) is 66.5 cm³/mol. The molecule has 0 atom stereocenters. The zero-order chi connectivity index (χ0) is 11.4. The lowest BCUT2D eigenvalue weighted by Crippen LogP contribution is -2.49. The van der Waals surface area contributed by atoms with Crippen LogP contribution in [-0.2, 0) is 0 Å². The van der Waals surface area contributed by atoms with E-state index in [2.05, 4.69) is 17.3 Å². The first-order chi connectivity index (χ1) is 7.74. The summed E-state index contributed by atoms with van der Waals surface area (Å²) in [6.07, 6.45) is 7.50. The molecule has 2 N–H and O–H groups in total. The van der Waals surface area contributed by atoms with Crippen LogP contribution < -0.4 is 5.32 Å². The van der Waals surface area contributed by atoms with Crippen molar-refractivity contribution in [1.29, 1.82) is 0 Å². The highest BCUT2D eigenvalue weighted by Gasteiger charge is 2.33. The van der Waals surface area contributed by atoms with Gasteiger partial charge in [0.05, 0.1) is 6.61 Å². The Morgan fingerprint density at radius 3 is 2.44 bits per heavy atom. The van der Waals surface area contributed by atoms with Crippen LogP contribution in [0.15, 0.2) is 0 Å². The third-order valence-corrected chi connectivity index (χ3v) is 4.47. The molecule has 0 aromatic rings. The van der Waals surface area contributed by atoms with Gasteiger partial charge in [-0.1, -0.05) is 12.8 Å². The van der Waals surface area contributed by atoms with Crippen molar-refractivity contribution < 1.29 is 5.11 Å². The van der Waals surface area contributed by atoms with Crippen LogP contribution in [0.2, 0.25) is 0 Å². The summed E-state index contributed by atoms with van der Waals surface area (Å²) in [6.45, 7) is 3.89. The molecule has 2 fully saturated rings. The van der Waals surface area contributed by atoms with E-state index >= 15 is 0 Å². The molecule has 0 amide bonds. The van der Waals surface area contributed by atoms with Crippen molar-refractivity contribution >= 4 is 0 Å². The number of hydrogen-bond acceptors (Lipinski definition) is 3. The summed E-state index contributed by atoms with van der Waals surface area (Å²) in [5, 5.41) is 13.2. The van der Waals surface area contributed by atoms with Crippen LogP contribution in [0.3, 0.4) is 0 Å². The van der Waals surface area contributed by atoms with Crippen molar-refractivity contribution in [3.8, 4) is 0 Å². The smallest absolute Gasteiger partial charge is 0.0613 e. The fraction of sp³-hybridized carbons (Fsp3) is 1.00. The minimum atomic E-state index is 0.0728. The van der Waals surface area contributed by atoms with Gasteiger partial charge in [0.1, 0.15) is 0 Å². The van der Waals surface area contributed by atoms with Gasteiger partial charge in [0.2, 0.25) is 0 Å². The van der Waals surface area contributed by atoms with Gasteiger partial charge in [0.15, 0.2) is 0 Å². The number of nitrogens with one attached hydrogen (secondary N) is 1. The summed E-state index contributed by atoms with van der Waals surface area (Å²) in [7, 11) is 2.20. The summed E-state index contributed by atoms with van der Waals surface area (Å²) in [5.41, 5.74) is 0.0728. The highest BCUT2D eigenvalue weighted by molar-refractivity contribution is 4.92. The van der Waals surface area contributed by atoms with Gasteiger partial charge in [-0.25, -0.2) is 0 Å². The Kier molecular flexibility index (Phi) is 4.22. The van der Waals surface area contributed by atoms with E-state index in [-0.39, 0.29) is 5.54 Å². The number of hydrogen-bond donors (Lipinski definition) is 2. The van der Waals surface area contributed by atoms with Crippen LogP contribution >= 0.6 is 0 Å². The zero-order valence-electron chi connectivity index (χ0n) is 10.5. The predicted octanol–water partition coefficient (Wildman–Crippen LogP) is 1.22. The molecule has 0 radical (unpaired) electrons. The van der Waals surface area contributed by atoms with E-state index in [1.807, 2.05) is 0 Å². The lowest BCUT2D eigenvalue weighted by molar-refractivity contribution is 0.145. The van der Waals surface area contributed by atoms with Crippen molar-refractivity contribution in [3.63, 3.8) is 0 Å². The third kappa shape index (κ3) is 2.96.